The average molecular weight is 277 g/mol. The van der Waals surface area contributed by atoms with Crippen molar-refractivity contribution in [3.05, 3.63) is 29.6 Å². The van der Waals surface area contributed by atoms with Gasteiger partial charge in [-0.2, -0.15) is 0 Å². The SMILES string of the molecule is Cc1ccc2c(c1)nc(C(C)Cl)n2C1(C)CCCC1. The van der Waals surface area contributed by atoms with Crippen LogP contribution in [0.3, 0.4) is 0 Å². The van der Waals surface area contributed by atoms with Crippen molar-refractivity contribution in [2.24, 2.45) is 0 Å². The van der Waals surface area contributed by atoms with E-state index in [9.17, 15) is 0 Å². The Hall–Kier alpha value is -1.02. The number of nitrogens with zero attached hydrogens (tertiary/aromatic N) is 2. The summed E-state index contributed by atoms with van der Waals surface area (Å²) in [7, 11) is 0. The molecule has 0 amide bonds. The van der Waals surface area contributed by atoms with Crippen molar-refractivity contribution in [3.8, 4) is 0 Å². The Morgan fingerprint density at radius 1 is 1.32 bits per heavy atom. The molecule has 0 saturated heterocycles. The van der Waals surface area contributed by atoms with Crippen LogP contribution in [-0.2, 0) is 5.54 Å². The molecular formula is C16H21ClN2. The summed E-state index contributed by atoms with van der Waals surface area (Å²) in [5.41, 5.74) is 3.75. The number of rotatable bonds is 2. The molecule has 1 heterocycles. The first-order valence-corrected chi connectivity index (χ1v) is 7.58. The lowest BCUT2D eigenvalue weighted by Crippen LogP contribution is -2.28. The van der Waals surface area contributed by atoms with Crippen molar-refractivity contribution in [2.75, 3.05) is 0 Å². The number of alkyl halides is 1. The molecule has 1 atom stereocenters. The minimum absolute atomic E-state index is 0.0508. The molecule has 2 nitrogen and oxygen atoms in total. The van der Waals surface area contributed by atoms with E-state index in [-0.39, 0.29) is 10.9 Å². The molecule has 1 fully saturated rings. The summed E-state index contributed by atoms with van der Waals surface area (Å²) in [6, 6.07) is 6.53. The number of hydrogen-bond donors (Lipinski definition) is 0. The Bertz CT molecular complexity index is 606. The Morgan fingerprint density at radius 3 is 2.63 bits per heavy atom. The number of aryl methyl sites for hydroxylation is 1. The molecule has 0 spiro atoms. The molecule has 1 saturated carbocycles. The first kappa shape index (κ1) is 13.0. The van der Waals surface area contributed by atoms with Gasteiger partial charge in [0.25, 0.3) is 0 Å². The quantitative estimate of drug-likeness (QED) is 0.711. The van der Waals surface area contributed by atoms with E-state index in [1.165, 1.54) is 36.8 Å². The zero-order valence-corrected chi connectivity index (χ0v) is 12.7. The van der Waals surface area contributed by atoms with Crippen LogP contribution in [0.4, 0.5) is 0 Å². The van der Waals surface area contributed by atoms with Crippen molar-refractivity contribution in [1.29, 1.82) is 0 Å². The molecule has 2 aromatic rings. The maximum atomic E-state index is 6.38. The van der Waals surface area contributed by atoms with Gasteiger partial charge in [0.05, 0.1) is 16.4 Å². The normalized spacial score (nSPS) is 20.0. The van der Waals surface area contributed by atoms with E-state index < -0.39 is 0 Å². The predicted molar refractivity (Wildman–Crippen MR) is 80.9 cm³/mol. The van der Waals surface area contributed by atoms with E-state index in [4.69, 9.17) is 16.6 Å². The molecule has 0 bridgehead atoms. The lowest BCUT2D eigenvalue weighted by molar-refractivity contribution is 0.328. The third kappa shape index (κ3) is 2.06. The molecule has 1 aliphatic carbocycles. The summed E-state index contributed by atoms with van der Waals surface area (Å²) in [6.45, 7) is 6.48. The number of halogens is 1. The van der Waals surface area contributed by atoms with E-state index in [1.807, 2.05) is 6.92 Å². The predicted octanol–water partition coefficient (Wildman–Crippen LogP) is 4.93. The van der Waals surface area contributed by atoms with E-state index >= 15 is 0 Å². The van der Waals surface area contributed by atoms with E-state index in [0.29, 0.717) is 0 Å². The van der Waals surface area contributed by atoms with Gasteiger partial charge in [0, 0.05) is 5.54 Å². The van der Waals surface area contributed by atoms with Gasteiger partial charge >= 0.3 is 0 Å². The maximum Gasteiger partial charge on any atom is 0.128 e. The topological polar surface area (TPSA) is 17.8 Å². The molecule has 0 aliphatic heterocycles. The van der Waals surface area contributed by atoms with Gasteiger partial charge in [0.15, 0.2) is 0 Å². The van der Waals surface area contributed by atoms with Gasteiger partial charge in [0.1, 0.15) is 5.82 Å². The largest absolute Gasteiger partial charge is 0.321 e. The molecule has 102 valence electrons. The van der Waals surface area contributed by atoms with Crippen molar-refractivity contribution in [3.63, 3.8) is 0 Å². The summed E-state index contributed by atoms with van der Waals surface area (Å²) >= 11 is 6.38. The minimum Gasteiger partial charge on any atom is -0.321 e. The maximum absolute atomic E-state index is 6.38. The second kappa shape index (κ2) is 4.52. The van der Waals surface area contributed by atoms with E-state index in [2.05, 4.69) is 36.6 Å². The number of fused-ring (bicyclic) bond motifs is 1. The number of imidazole rings is 1. The van der Waals surface area contributed by atoms with Crippen LogP contribution in [0, 0.1) is 6.92 Å². The fourth-order valence-corrected chi connectivity index (χ4v) is 3.55. The molecule has 1 aromatic heterocycles. The van der Waals surface area contributed by atoms with Crippen molar-refractivity contribution < 1.29 is 0 Å². The van der Waals surface area contributed by atoms with Crippen LogP contribution in [0.15, 0.2) is 18.2 Å². The zero-order chi connectivity index (χ0) is 13.6. The standard InChI is InChI=1S/C16H21ClN2/c1-11-6-7-14-13(10-11)18-15(12(2)17)19(14)16(3)8-4-5-9-16/h6-7,10,12H,4-5,8-9H2,1-3H3. The summed E-state index contributed by atoms with van der Waals surface area (Å²) in [5.74, 6) is 1.02. The van der Waals surface area contributed by atoms with E-state index in [0.717, 1.165) is 11.3 Å². The lowest BCUT2D eigenvalue weighted by atomic mass is 9.99. The first-order valence-electron chi connectivity index (χ1n) is 7.15. The van der Waals surface area contributed by atoms with Crippen molar-refractivity contribution in [2.45, 2.75) is 57.4 Å². The van der Waals surface area contributed by atoms with Gasteiger partial charge in [0.2, 0.25) is 0 Å². The van der Waals surface area contributed by atoms with Crippen LogP contribution in [0.2, 0.25) is 0 Å². The Balaban J connectivity index is 2.28. The van der Waals surface area contributed by atoms with E-state index in [1.54, 1.807) is 0 Å². The Kier molecular flexibility index (Phi) is 3.09. The highest BCUT2D eigenvalue weighted by Gasteiger charge is 2.34. The molecule has 1 unspecified atom stereocenters. The Labute approximate surface area is 119 Å². The van der Waals surface area contributed by atoms with Gasteiger partial charge < -0.3 is 4.57 Å². The number of aromatic nitrogens is 2. The monoisotopic (exact) mass is 276 g/mol. The molecule has 0 N–H and O–H groups in total. The smallest absolute Gasteiger partial charge is 0.128 e. The van der Waals surface area contributed by atoms with Crippen LogP contribution >= 0.6 is 11.6 Å². The third-order valence-corrected chi connectivity index (χ3v) is 4.61. The first-order chi connectivity index (χ1) is 9.01. The van der Waals surface area contributed by atoms with Gasteiger partial charge in [-0.3, -0.25) is 0 Å². The average Bonchev–Trinajstić information content (AvgIpc) is 2.93. The zero-order valence-electron chi connectivity index (χ0n) is 11.9. The molecule has 3 rings (SSSR count). The third-order valence-electron chi connectivity index (χ3n) is 4.41. The second-order valence-corrected chi connectivity index (χ2v) is 6.77. The van der Waals surface area contributed by atoms with Gasteiger partial charge in [-0.15, -0.1) is 11.6 Å². The van der Waals surface area contributed by atoms with Crippen LogP contribution in [-0.4, -0.2) is 9.55 Å². The van der Waals surface area contributed by atoms with Gasteiger partial charge in [-0.05, 0) is 51.3 Å². The highest BCUT2D eigenvalue weighted by atomic mass is 35.5. The number of benzene rings is 1. The van der Waals surface area contributed by atoms with Crippen LogP contribution in [0.25, 0.3) is 11.0 Å². The molecule has 3 heteroatoms. The molecule has 19 heavy (non-hydrogen) atoms. The summed E-state index contributed by atoms with van der Waals surface area (Å²) < 4.78 is 2.41. The molecular weight excluding hydrogens is 256 g/mol. The van der Waals surface area contributed by atoms with Gasteiger partial charge in [-0.1, -0.05) is 18.9 Å². The Morgan fingerprint density at radius 2 is 2.00 bits per heavy atom. The lowest BCUT2D eigenvalue weighted by Gasteiger charge is -2.29. The van der Waals surface area contributed by atoms with Gasteiger partial charge in [-0.25, -0.2) is 4.98 Å². The summed E-state index contributed by atoms with van der Waals surface area (Å²) in [4.78, 5) is 4.79. The molecule has 0 radical (unpaired) electrons. The molecule has 1 aromatic carbocycles. The molecule has 1 aliphatic rings. The highest BCUT2D eigenvalue weighted by molar-refractivity contribution is 6.20. The second-order valence-electron chi connectivity index (χ2n) is 6.12. The van der Waals surface area contributed by atoms with Crippen molar-refractivity contribution >= 4 is 22.6 Å². The fraction of sp³-hybridized carbons (Fsp3) is 0.562. The van der Waals surface area contributed by atoms with Crippen LogP contribution in [0.1, 0.15) is 56.3 Å². The van der Waals surface area contributed by atoms with Crippen LogP contribution in [0.5, 0.6) is 0 Å². The highest BCUT2D eigenvalue weighted by Crippen LogP contribution is 2.41. The van der Waals surface area contributed by atoms with Crippen LogP contribution < -0.4 is 0 Å². The summed E-state index contributed by atoms with van der Waals surface area (Å²) in [5, 5.41) is -0.0508. The minimum atomic E-state index is -0.0508. The summed E-state index contributed by atoms with van der Waals surface area (Å²) in [6.07, 6.45) is 5.06. The fourth-order valence-electron chi connectivity index (χ4n) is 3.40. The van der Waals surface area contributed by atoms with Crippen molar-refractivity contribution in [1.82, 2.24) is 9.55 Å². The number of hydrogen-bond acceptors (Lipinski definition) is 1.